The third-order valence-corrected chi connectivity index (χ3v) is 4.86. The van der Waals surface area contributed by atoms with Crippen molar-refractivity contribution >= 4 is 41.5 Å². The molecule has 10 heteroatoms. The lowest BCUT2D eigenvalue weighted by molar-refractivity contribution is -0.120. The second-order valence-corrected chi connectivity index (χ2v) is 6.88. The summed E-state index contributed by atoms with van der Waals surface area (Å²) >= 11 is 0. The van der Waals surface area contributed by atoms with Crippen molar-refractivity contribution in [3.05, 3.63) is 12.4 Å². The number of anilines is 1. The van der Waals surface area contributed by atoms with Gasteiger partial charge in [-0.15, -0.1) is 24.0 Å². The van der Waals surface area contributed by atoms with Gasteiger partial charge >= 0.3 is 0 Å². The smallest absolute Gasteiger partial charge is 0.246 e. The summed E-state index contributed by atoms with van der Waals surface area (Å²) in [4.78, 5) is 23.6. The molecule has 0 saturated carbocycles. The second-order valence-electron chi connectivity index (χ2n) is 6.88. The number of ether oxygens (including phenoxy) is 1. The molecule has 0 radical (unpaired) electrons. The fourth-order valence-electron chi connectivity index (χ4n) is 3.40. The Hall–Kier alpha value is -1.40. The monoisotopic (exact) mass is 505 g/mol. The van der Waals surface area contributed by atoms with Gasteiger partial charge in [0, 0.05) is 59.1 Å². The molecule has 9 nitrogen and oxygen atoms in total. The Labute approximate surface area is 184 Å². The molecule has 0 bridgehead atoms. The third-order valence-electron chi connectivity index (χ3n) is 4.86. The number of nitrogens with zero attached hydrogens (tertiary/aromatic N) is 6. The molecule has 0 unspecified atom stereocenters. The molecule has 158 valence electrons. The zero-order valence-corrected chi connectivity index (χ0v) is 19.2. The van der Waals surface area contributed by atoms with Crippen LogP contribution in [-0.4, -0.2) is 97.0 Å². The van der Waals surface area contributed by atoms with E-state index in [2.05, 4.69) is 22.2 Å². The first kappa shape index (κ1) is 22.9. The lowest BCUT2D eigenvalue weighted by Gasteiger charge is -2.35. The van der Waals surface area contributed by atoms with Gasteiger partial charge in [0.25, 0.3) is 0 Å². The number of hydrogen-bond acceptors (Lipinski definition) is 5. The summed E-state index contributed by atoms with van der Waals surface area (Å²) in [5, 5.41) is 7.48. The Morgan fingerprint density at radius 3 is 2.71 bits per heavy atom. The van der Waals surface area contributed by atoms with Crippen LogP contribution in [0.25, 0.3) is 0 Å². The first-order valence-corrected chi connectivity index (χ1v) is 9.79. The Bertz CT molecular complexity index is 646. The molecule has 2 aliphatic rings. The maximum Gasteiger partial charge on any atom is 0.246 e. The molecule has 1 aromatic rings. The molecule has 2 aliphatic heterocycles. The topological polar surface area (TPSA) is 78.2 Å². The first-order chi connectivity index (χ1) is 13.2. The van der Waals surface area contributed by atoms with Gasteiger partial charge in [0.15, 0.2) is 5.96 Å². The molecule has 3 rings (SSSR count). The van der Waals surface area contributed by atoms with E-state index in [1.807, 2.05) is 18.1 Å². The molecule has 2 saturated heterocycles. The average molecular weight is 505 g/mol. The van der Waals surface area contributed by atoms with Crippen molar-refractivity contribution in [3.63, 3.8) is 0 Å². The molecule has 1 aromatic heterocycles. The summed E-state index contributed by atoms with van der Waals surface area (Å²) < 4.78 is 7.10. The number of halogens is 1. The molecular formula is C18H32IN7O2. The Morgan fingerprint density at radius 2 is 2.07 bits per heavy atom. The minimum absolute atomic E-state index is 0. The van der Waals surface area contributed by atoms with Gasteiger partial charge in [0.2, 0.25) is 5.91 Å². The second kappa shape index (κ2) is 11.6. The van der Waals surface area contributed by atoms with Crippen LogP contribution in [0.1, 0.15) is 13.3 Å². The fourth-order valence-corrected chi connectivity index (χ4v) is 3.40. The summed E-state index contributed by atoms with van der Waals surface area (Å²) in [5.41, 5.74) is 0.856. The third kappa shape index (κ3) is 6.31. The number of guanidine groups is 1. The number of piperazine rings is 1. The van der Waals surface area contributed by atoms with Crippen molar-refractivity contribution < 1.29 is 9.53 Å². The molecular weight excluding hydrogens is 473 g/mol. The normalized spacial score (nSPS) is 18.9. The minimum Gasteiger partial charge on any atom is -0.379 e. The zero-order chi connectivity index (χ0) is 19.1. The van der Waals surface area contributed by atoms with Gasteiger partial charge in [0.05, 0.1) is 25.1 Å². The quantitative estimate of drug-likeness (QED) is 0.261. The van der Waals surface area contributed by atoms with Gasteiger partial charge in [-0.1, -0.05) is 0 Å². The number of hydrogen-bond donors (Lipinski definition) is 1. The predicted octanol–water partition coefficient (Wildman–Crippen LogP) is 0.375. The van der Waals surface area contributed by atoms with Crippen LogP contribution < -0.4 is 10.2 Å². The molecule has 1 amide bonds. The molecule has 0 atom stereocenters. The Balaban J connectivity index is 0.00000280. The van der Waals surface area contributed by atoms with Crippen LogP contribution in [0.15, 0.2) is 17.4 Å². The van der Waals surface area contributed by atoms with E-state index < -0.39 is 0 Å². The SMILES string of the molecule is CCNC(=NCCCN1CCOCC1)N1CCN(c2cnn(C)c2)C(=O)C1.I. The average Bonchev–Trinajstić information content (AvgIpc) is 3.11. The number of amides is 1. The number of rotatable bonds is 6. The van der Waals surface area contributed by atoms with E-state index in [-0.39, 0.29) is 29.9 Å². The van der Waals surface area contributed by atoms with Gasteiger partial charge < -0.3 is 19.9 Å². The van der Waals surface area contributed by atoms with E-state index in [9.17, 15) is 4.79 Å². The lowest BCUT2D eigenvalue weighted by atomic mass is 10.3. The van der Waals surface area contributed by atoms with E-state index >= 15 is 0 Å². The standard InChI is InChI=1S/C18H31N7O2.HI/c1-3-19-18(20-5-4-6-23-9-11-27-12-10-23)24-7-8-25(17(26)15-24)16-13-21-22(2)14-16;/h13-14H,3-12,15H2,1-2H3,(H,19,20);1H. The van der Waals surface area contributed by atoms with E-state index in [0.717, 1.165) is 70.6 Å². The van der Waals surface area contributed by atoms with Gasteiger partial charge in [-0.2, -0.15) is 5.10 Å². The summed E-state index contributed by atoms with van der Waals surface area (Å²) in [6.07, 6.45) is 4.62. The van der Waals surface area contributed by atoms with Crippen LogP contribution in [0.3, 0.4) is 0 Å². The van der Waals surface area contributed by atoms with Crippen molar-refractivity contribution in [3.8, 4) is 0 Å². The van der Waals surface area contributed by atoms with Crippen molar-refractivity contribution in [1.29, 1.82) is 0 Å². The Kier molecular flexibility index (Phi) is 9.45. The van der Waals surface area contributed by atoms with Gasteiger partial charge in [-0.25, -0.2) is 0 Å². The number of aryl methyl sites for hydroxylation is 1. The van der Waals surface area contributed by atoms with Crippen LogP contribution in [0.4, 0.5) is 5.69 Å². The van der Waals surface area contributed by atoms with Crippen molar-refractivity contribution in [2.45, 2.75) is 13.3 Å². The van der Waals surface area contributed by atoms with E-state index in [4.69, 9.17) is 9.73 Å². The maximum absolute atomic E-state index is 12.6. The van der Waals surface area contributed by atoms with E-state index in [1.54, 1.807) is 15.8 Å². The van der Waals surface area contributed by atoms with Crippen molar-refractivity contribution in [2.24, 2.45) is 12.0 Å². The molecule has 0 aromatic carbocycles. The molecule has 3 heterocycles. The Morgan fingerprint density at radius 1 is 1.29 bits per heavy atom. The highest BCUT2D eigenvalue weighted by Crippen LogP contribution is 2.16. The summed E-state index contributed by atoms with van der Waals surface area (Å²) in [6, 6.07) is 0. The van der Waals surface area contributed by atoms with Crippen molar-refractivity contribution in [1.82, 2.24) is 24.9 Å². The summed E-state index contributed by atoms with van der Waals surface area (Å²) in [7, 11) is 1.86. The number of aromatic nitrogens is 2. The summed E-state index contributed by atoms with van der Waals surface area (Å²) in [6.45, 7) is 10.1. The molecule has 0 aliphatic carbocycles. The van der Waals surface area contributed by atoms with Gasteiger partial charge in [-0.3, -0.25) is 19.4 Å². The molecule has 1 N–H and O–H groups in total. The number of morpholine rings is 1. The minimum atomic E-state index is 0. The summed E-state index contributed by atoms with van der Waals surface area (Å²) in [5.74, 6) is 0.909. The van der Waals surface area contributed by atoms with Crippen LogP contribution in [-0.2, 0) is 16.6 Å². The first-order valence-electron chi connectivity index (χ1n) is 9.79. The number of nitrogens with one attached hydrogen (secondary N) is 1. The van der Waals surface area contributed by atoms with Crippen LogP contribution in [0, 0.1) is 0 Å². The van der Waals surface area contributed by atoms with Crippen LogP contribution in [0.5, 0.6) is 0 Å². The van der Waals surface area contributed by atoms with E-state index in [0.29, 0.717) is 13.1 Å². The van der Waals surface area contributed by atoms with Gasteiger partial charge in [-0.05, 0) is 13.3 Å². The number of carbonyl (C=O) groups is 1. The highest BCUT2D eigenvalue weighted by molar-refractivity contribution is 14.0. The van der Waals surface area contributed by atoms with Crippen LogP contribution in [0.2, 0.25) is 0 Å². The maximum atomic E-state index is 12.6. The van der Waals surface area contributed by atoms with Crippen molar-refractivity contribution in [2.75, 3.05) is 70.5 Å². The fraction of sp³-hybridized carbons (Fsp3) is 0.722. The zero-order valence-electron chi connectivity index (χ0n) is 16.8. The largest absolute Gasteiger partial charge is 0.379 e. The molecule has 2 fully saturated rings. The molecule has 28 heavy (non-hydrogen) atoms. The lowest BCUT2D eigenvalue weighted by Crippen LogP contribution is -2.55. The highest BCUT2D eigenvalue weighted by atomic mass is 127. The van der Waals surface area contributed by atoms with Crippen LogP contribution >= 0.6 is 24.0 Å². The number of carbonyl (C=O) groups excluding carboxylic acids is 1. The number of aliphatic imine (C=N–C) groups is 1. The predicted molar refractivity (Wildman–Crippen MR) is 120 cm³/mol. The molecule has 0 spiro atoms. The highest BCUT2D eigenvalue weighted by Gasteiger charge is 2.27. The van der Waals surface area contributed by atoms with E-state index in [1.165, 1.54) is 0 Å². The van der Waals surface area contributed by atoms with Gasteiger partial charge in [0.1, 0.15) is 6.54 Å².